The molecule has 7 heteroatoms. The summed E-state index contributed by atoms with van der Waals surface area (Å²) in [6, 6.07) is 12.3. The zero-order valence-electron chi connectivity index (χ0n) is 17.0. The summed E-state index contributed by atoms with van der Waals surface area (Å²) >= 11 is 6.16. The first kappa shape index (κ1) is 20.4. The van der Waals surface area contributed by atoms with Crippen molar-refractivity contribution in [2.45, 2.75) is 20.3 Å². The lowest BCUT2D eigenvalue weighted by molar-refractivity contribution is 0.0947. The zero-order chi connectivity index (χ0) is 21.3. The van der Waals surface area contributed by atoms with Crippen LogP contribution in [0.3, 0.4) is 0 Å². The van der Waals surface area contributed by atoms with Gasteiger partial charge in [-0.1, -0.05) is 29.8 Å². The average Bonchev–Trinajstić information content (AvgIpc) is 3.35. The smallest absolute Gasteiger partial charge is 0.254 e. The van der Waals surface area contributed by atoms with Crippen LogP contribution in [0, 0.1) is 25.6 Å². The third-order valence-electron chi connectivity index (χ3n) is 5.68. The van der Waals surface area contributed by atoms with Crippen LogP contribution in [0.5, 0.6) is 0 Å². The molecular weight excluding hydrogens is 403 g/mol. The Morgan fingerprint density at radius 2 is 2.03 bits per heavy atom. The summed E-state index contributed by atoms with van der Waals surface area (Å²) in [6.07, 6.45) is 2.49. The van der Waals surface area contributed by atoms with Gasteiger partial charge in [0.1, 0.15) is 11.5 Å². The number of rotatable bonds is 5. The second kappa shape index (κ2) is 8.48. The van der Waals surface area contributed by atoms with Crippen LogP contribution in [0.4, 0.5) is 10.1 Å². The fourth-order valence-electron chi connectivity index (χ4n) is 3.97. The van der Waals surface area contributed by atoms with E-state index < -0.39 is 0 Å². The van der Waals surface area contributed by atoms with Gasteiger partial charge in [0.05, 0.1) is 17.5 Å². The summed E-state index contributed by atoms with van der Waals surface area (Å²) in [4.78, 5) is 15.0. The molecule has 1 fully saturated rings. The molecule has 3 aromatic rings. The van der Waals surface area contributed by atoms with E-state index in [2.05, 4.69) is 22.2 Å². The molecule has 1 aromatic heterocycles. The highest BCUT2D eigenvalue weighted by atomic mass is 35.5. The van der Waals surface area contributed by atoms with E-state index >= 15 is 0 Å². The molecule has 1 unspecified atom stereocenters. The number of hydrogen-bond donors (Lipinski definition) is 1. The number of nitrogens with zero attached hydrogens (tertiary/aromatic N) is 3. The van der Waals surface area contributed by atoms with Gasteiger partial charge >= 0.3 is 0 Å². The number of amides is 1. The highest BCUT2D eigenvalue weighted by Gasteiger charge is 2.25. The lowest BCUT2D eigenvalue weighted by atomic mass is 10.1. The van der Waals surface area contributed by atoms with Gasteiger partial charge in [0.15, 0.2) is 0 Å². The maximum absolute atomic E-state index is 14.1. The number of halogens is 2. The van der Waals surface area contributed by atoms with Gasteiger partial charge in [-0.25, -0.2) is 9.07 Å². The Bertz CT molecular complexity index is 1080. The van der Waals surface area contributed by atoms with Crippen LogP contribution >= 0.6 is 11.6 Å². The highest BCUT2D eigenvalue weighted by Crippen LogP contribution is 2.29. The average molecular weight is 427 g/mol. The number of nitrogens with one attached hydrogen (secondary N) is 1. The van der Waals surface area contributed by atoms with E-state index in [1.165, 1.54) is 22.5 Å². The van der Waals surface area contributed by atoms with E-state index in [0.29, 0.717) is 29.4 Å². The molecule has 0 bridgehead atoms. The first-order chi connectivity index (χ1) is 14.4. The normalized spacial score (nSPS) is 16.1. The highest BCUT2D eigenvalue weighted by molar-refractivity contribution is 6.30. The summed E-state index contributed by atoms with van der Waals surface area (Å²) in [5.74, 6) is -0.209. The van der Waals surface area contributed by atoms with Crippen LogP contribution in [0.1, 0.15) is 28.0 Å². The van der Waals surface area contributed by atoms with Crippen molar-refractivity contribution in [3.05, 3.63) is 76.3 Å². The van der Waals surface area contributed by atoms with Crippen molar-refractivity contribution in [3.63, 3.8) is 0 Å². The molecule has 1 saturated heterocycles. The molecule has 4 rings (SSSR count). The predicted octanol–water partition coefficient (Wildman–Crippen LogP) is 4.54. The number of anilines is 1. The largest absolute Gasteiger partial charge is 0.371 e. The number of para-hydroxylation sites is 1. The van der Waals surface area contributed by atoms with Crippen LogP contribution in [0.25, 0.3) is 5.69 Å². The molecule has 0 saturated carbocycles. The minimum atomic E-state index is -0.377. The number of benzene rings is 2. The quantitative estimate of drug-likeness (QED) is 0.651. The topological polar surface area (TPSA) is 50.2 Å². The number of carbonyl (C=O) groups is 1. The SMILES string of the molecule is Cc1ccc(Cl)cc1N1CCC(CNC(=O)c2cnn(-c3ccccc3F)c2C)C1. The number of aromatic nitrogens is 2. The Morgan fingerprint density at radius 1 is 1.23 bits per heavy atom. The lowest BCUT2D eigenvalue weighted by Gasteiger charge is -2.21. The van der Waals surface area contributed by atoms with E-state index in [1.807, 2.05) is 18.2 Å². The molecule has 0 aliphatic carbocycles. The molecule has 0 spiro atoms. The van der Waals surface area contributed by atoms with Gasteiger partial charge in [0.2, 0.25) is 0 Å². The molecule has 1 atom stereocenters. The fraction of sp³-hybridized carbons (Fsp3) is 0.304. The summed E-state index contributed by atoms with van der Waals surface area (Å²) in [6.45, 7) is 6.24. The van der Waals surface area contributed by atoms with Crippen molar-refractivity contribution in [3.8, 4) is 5.69 Å². The maximum Gasteiger partial charge on any atom is 0.254 e. The molecule has 1 N–H and O–H groups in total. The van der Waals surface area contributed by atoms with Crippen LogP contribution in [0.15, 0.2) is 48.7 Å². The van der Waals surface area contributed by atoms with Gasteiger partial charge in [-0.05, 0) is 56.0 Å². The van der Waals surface area contributed by atoms with Crippen molar-refractivity contribution in [1.29, 1.82) is 0 Å². The Balaban J connectivity index is 1.39. The minimum Gasteiger partial charge on any atom is -0.371 e. The van der Waals surface area contributed by atoms with Gasteiger partial charge in [-0.15, -0.1) is 0 Å². The zero-order valence-corrected chi connectivity index (χ0v) is 17.8. The third kappa shape index (κ3) is 4.05. The number of aryl methyl sites for hydroxylation is 1. The van der Waals surface area contributed by atoms with E-state index in [0.717, 1.165) is 30.2 Å². The molecular formula is C23H24ClFN4O. The Morgan fingerprint density at radius 3 is 2.83 bits per heavy atom. The van der Waals surface area contributed by atoms with Crippen molar-refractivity contribution < 1.29 is 9.18 Å². The summed E-state index contributed by atoms with van der Waals surface area (Å²) in [5.41, 5.74) is 3.75. The van der Waals surface area contributed by atoms with E-state index in [1.54, 1.807) is 25.1 Å². The van der Waals surface area contributed by atoms with Crippen molar-refractivity contribution in [1.82, 2.24) is 15.1 Å². The monoisotopic (exact) mass is 426 g/mol. The molecule has 1 aliphatic rings. The van der Waals surface area contributed by atoms with Gasteiger partial charge < -0.3 is 10.2 Å². The van der Waals surface area contributed by atoms with Gasteiger partial charge in [0.25, 0.3) is 5.91 Å². The molecule has 2 aromatic carbocycles. The second-order valence-electron chi connectivity index (χ2n) is 7.75. The second-order valence-corrected chi connectivity index (χ2v) is 8.18. The van der Waals surface area contributed by atoms with Crippen molar-refractivity contribution >= 4 is 23.2 Å². The van der Waals surface area contributed by atoms with Crippen LogP contribution in [-0.2, 0) is 0 Å². The molecule has 5 nitrogen and oxygen atoms in total. The van der Waals surface area contributed by atoms with Gasteiger partial charge in [-0.3, -0.25) is 4.79 Å². The first-order valence-electron chi connectivity index (χ1n) is 10.0. The Labute approximate surface area is 180 Å². The molecule has 30 heavy (non-hydrogen) atoms. The Hall–Kier alpha value is -2.86. The molecule has 156 valence electrons. The Kier molecular flexibility index (Phi) is 5.77. The van der Waals surface area contributed by atoms with Crippen LogP contribution < -0.4 is 10.2 Å². The fourth-order valence-corrected chi connectivity index (χ4v) is 4.14. The first-order valence-corrected chi connectivity index (χ1v) is 10.4. The summed E-state index contributed by atoms with van der Waals surface area (Å²) in [5, 5.41) is 7.96. The maximum atomic E-state index is 14.1. The van der Waals surface area contributed by atoms with E-state index in [9.17, 15) is 9.18 Å². The molecule has 2 heterocycles. The van der Waals surface area contributed by atoms with Crippen LogP contribution in [-0.4, -0.2) is 35.3 Å². The standard InChI is InChI=1S/C23H24ClFN4O/c1-15-7-8-18(24)11-22(15)28-10-9-17(14-28)12-26-23(30)19-13-27-29(16(19)2)21-6-4-3-5-20(21)25/h3-8,11,13,17H,9-10,12,14H2,1-2H3,(H,26,30). The predicted molar refractivity (Wildman–Crippen MR) is 117 cm³/mol. The van der Waals surface area contributed by atoms with Crippen LogP contribution in [0.2, 0.25) is 5.02 Å². The van der Waals surface area contributed by atoms with Gasteiger partial charge in [-0.2, -0.15) is 5.10 Å². The van der Waals surface area contributed by atoms with Crippen molar-refractivity contribution in [2.24, 2.45) is 5.92 Å². The minimum absolute atomic E-state index is 0.188. The van der Waals surface area contributed by atoms with E-state index in [-0.39, 0.29) is 11.7 Å². The number of hydrogen-bond acceptors (Lipinski definition) is 3. The molecule has 1 amide bonds. The van der Waals surface area contributed by atoms with E-state index in [4.69, 9.17) is 11.6 Å². The summed E-state index contributed by atoms with van der Waals surface area (Å²) in [7, 11) is 0. The third-order valence-corrected chi connectivity index (χ3v) is 5.92. The molecule has 1 aliphatic heterocycles. The van der Waals surface area contributed by atoms with Gasteiger partial charge in [0, 0.05) is 30.3 Å². The summed E-state index contributed by atoms with van der Waals surface area (Å²) < 4.78 is 15.5. The molecule has 0 radical (unpaired) electrons. The van der Waals surface area contributed by atoms with Crippen molar-refractivity contribution in [2.75, 3.05) is 24.5 Å². The lowest BCUT2D eigenvalue weighted by Crippen LogP contribution is -2.31. The number of carbonyl (C=O) groups excluding carboxylic acids is 1.